The molecule has 18 heavy (non-hydrogen) atoms. The van der Waals surface area contributed by atoms with E-state index in [0.717, 1.165) is 37.2 Å². The predicted molar refractivity (Wildman–Crippen MR) is 70.9 cm³/mol. The van der Waals surface area contributed by atoms with Crippen LogP contribution in [-0.4, -0.2) is 34.9 Å². The van der Waals surface area contributed by atoms with Crippen LogP contribution in [0, 0.1) is 0 Å². The molecule has 100 valence electrons. The molecule has 0 aromatic heterocycles. The van der Waals surface area contributed by atoms with E-state index in [-0.39, 0.29) is 0 Å². The van der Waals surface area contributed by atoms with Gasteiger partial charge in [-0.1, -0.05) is 0 Å². The van der Waals surface area contributed by atoms with Gasteiger partial charge in [0.15, 0.2) is 9.84 Å². The Morgan fingerprint density at radius 3 is 2.72 bits per heavy atom. The van der Waals surface area contributed by atoms with Crippen molar-refractivity contribution in [2.45, 2.75) is 23.7 Å². The van der Waals surface area contributed by atoms with Gasteiger partial charge in [-0.3, -0.25) is 0 Å². The molecule has 0 aliphatic carbocycles. The molecule has 0 radical (unpaired) electrons. The largest absolute Gasteiger partial charge is 0.496 e. The Balaban J connectivity index is 2.42. The number of nitrogens with one attached hydrogen (secondary N) is 1. The average molecular weight is 269 g/mol. The highest BCUT2D eigenvalue weighted by Crippen LogP contribution is 2.32. The van der Waals surface area contributed by atoms with Crippen LogP contribution in [0.25, 0.3) is 0 Å². The van der Waals surface area contributed by atoms with E-state index in [0.29, 0.717) is 10.8 Å². The lowest BCUT2D eigenvalue weighted by molar-refractivity contribution is 0.391. The summed E-state index contributed by atoms with van der Waals surface area (Å²) in [7, 11) is -1.54. The Kier molecular flexibility index (Phi) is 3.92. The lowest BCUT2D eigenvalue weighted by atomic mass is 9.91. The first-order valence-corrected chi connectivity index (χ1v) is 8.00. The minimum absolute atomic E-state index is 0.329. The van der Waals surface area contributed by atoms with Crippen LogP contribution in [0.5, 0.6) is 5.75 Å². The smallest absolute Gasteiger partial charge is 0.175 e. The predicted octanol–water partition coefficient (Wildman–Crippen LogP) is 1.57. The Labute approximate surface area is 108 Å². The van der Waals surface area contributed by atoms with Gasteiger partial charge in [-0.2, -0.15) is 0 Å². The van der Waals surface area contributed by atoms with E-state index in [1.54, 1.807) is 25.3 Å². The first-order valence-electron chi connectivity index (χ1n) is 6.11. The summed E-state index contributed by atoms with van der Waals surface area (Å²) in [6.45, 7) is 1.91. The highest BCUT2D eigenvalue weighted by Gasteiger charge is 2.21. The van der Waals surface area contributed by atoms with Gasteiger partial charge in [0, 0.05) is 18.7 Å². The van der Waals surface area contributed by atoms with Gasteiger partial charge >= 0.3 is 0 Å². The topological polar surface area (TPSA) is 55.4 Å². The number of hydrogen-bond donors (Lipinski definition) is 1. The van der Waals surface area contributed by atoms with Crippen molar-refractivity contribution in [2.75, 3.05) is 26.5 Å². The van der Waals surface area contributed by atoms with Crippen LogP contribution in [0.1, 0.15) is 24.3 Å². The van der Waals surface area contributed by atoms with E-state index in [1.807, 2.05) is 0 Å². The molecule has 1 heterocycles. The molecule has 5 heteroatoms. The molecule has 1 saturated heterocycles. The highest BCUT2D eigenvalue weighted by atomic mass is 32.2. The minimum Gasteiger partial charge on any atom is -0.496 e. The number of piperidine rings is 1. The molecule has 0 saturated carbocycles. The van der Waals surface area contributed by atoms with Gasteiger partial charge in [0.05, 0.1) is 12.0 Å². The van der Waals surface area contributed by atoms with Gasteiger partial charge in [0.25, 0.3) is 0 Å². The summed E-state index contributed by atoms with van der Waals surface area (Å²) in [5, 5.41) is 3.34. The van der Waals surface area contributed by atoms with Crippen LogP contribution in [-0.2, 0) is 9.84 Å². The molecule has 1 atom stereocenters. The first kappa shape index (κ1) is 13.4. The second-order valence-corrected chi connectivity index (χ2v) is 6.73. The van der Waals surface area contributed by atoms with E-state index in [4.69, 9.17) is 4.74 Å². The van der Waals surface area contributed by atoms with Crippen LogP contribution >= 0.6 is 0 Å². The van der Waals surface area contributed by atoms with Crippen molar-refractivity contribution in [1.82, 2.24) is 5.32 Å². The molecule has 1 aromatic rings. The summed E-state index contributed by atoms with van der Waals surface area (Å²) >= 11 is 0. The van der Waals surface area contributed by atoms with Gasteiger partial charge in [-0.15, -0.1) is 0 Å². The lowest BCUT2D eigenvalue weighted by Gasteiger charge is -2.25. The van der Waals surface area contributed by atoms with Crippen molar-refractivity contribution in [2.24, 2.45) is 0 Å². The summed E-state index contributed by atoms with van der Waals surface area (Å²) in [6, 6.07) is 5.11. The molecule has 2 rings (SSSR count). The molecule has 1 aliphatic rings. The molecule has 1 unspecified atom stereocenters. The molecule has 4 nitrogen and oxygen atoms in total. The van der Waals surface area contributed by atoms with Crippen LogP contribution in [0.2, 0.25) is 0 Å². The fraction of sp³-hybridized carbons (Fsp3) is 0.538. The van der Waals surface area contributed by atoms with Crippen LogP contribution in [0.4, 0.5) is 0 Å². The Morgan fingerprint density at radius 2 is 2.17 bits per heavy atom. The molecule has 1 N–H and O–H groups in total. The van der Waals surface area contributed by atoms with Gasteiger partial charge in [-0.05, 0) is 43.1 Å². The van der Waals surface area contributed by atoms with E-state index >= 15 is 0 Å². The average Bonchev–Trinajstić information content (AvgIpc) is 2.38. The Bertz CT molecular complexity index is 519. The number of ether oxygens (including phenoxy) is 1. The second kappa shape index (κ2) is 5.28. The quantitative estimate of drug-likeness (QED) is 0.905. The maximum atomic E-state index is 11.6. The van der Waals surface area contributed by atoms with E-state index < -0.39 is 9.84 Å². The van der Waals surface area contributed by atoms with Crippen molar-refractivity contribution in [3.63, 3.8) is 0 Å². The summed E-state index contributed by atoms with van der Waals surface area (Å²) in [5.74, 6) is 1.10. The summed E-state index contributed by atoms with van der Waals surface area (Å²) in [5.41, 5.74) is 0.993. The monoisotopic (exact) mass is 269 g/mol. The van der Waals surface area contributed by atoms with E-state index in [2.05, 4.69) is 5.32 Å². The molecule has 0 spiro atoms. The van der Waals surface area contributed by atoms with Crippen LogP contribution in [0.15, 0.2) is 23.1 Å². The summed E-state index contributed by atoms with van der Waals surface area (Å²) in [4.78, 5) is 0.365. The van der Waals surface area contributed by atoms with Crippen molar-refractivity contribution >= 4 is 9.84 Å². The minimum atomic E-state index is -3.16. The maximum absolute atomic E-state index is 11.6. The number of rotatable bonds is 3. The lowest BCUT2D eigenvalue weighted by Crippen LogP contribution is -2.28. The molecule has 1 aliphatic heterocycles. The molecular weight excluding hydrogens is 250 g/mol. The first-order chi connectivity index (χ1) is 8.52. The highest BCUT2D eigenvalue weighted by molar-refractivity contribution is 7.90. The zero-order valence-corrected chi connectivity index (χ0v) is 11.6. The molecule has 0 amide bonds. The summed E-state index contributed by atoms with van der Waals surface area (Å²) < 4.78 is 28.6. The van der Waals surface area contributed by atoms with Crippen molar-refractivity contribution < 1.29 is 13.2 Å². The SMILES string of the molecule is COc1ccc(S(C)(=O)=O)cc1C1CCCNC1. The number of sulfone groups is 1. The van der Waals surface area contributed by atoms with Crippen molar-refractivity contribution in [3.8, 4) is 5.75 Å². The van der Waals surface area contributed by atoms with Gasteiger partial charge in [-0.25, -0.2) is 8.42 Å². The normalized spacial score (nSPS) is 20.7. The fourth-order valence-corrected chi connectivity index (χ4v) is 3.04. The zero-order valence-electron chi connectivity index (χ0n) is 10.8. The Morgan fingerprint density at radius 1 is 1.39 bits per heavy atom. The third kappa shape index (κ3) is 2.84. The molecule has 0 bridgehead atoms. The number of benzene rings is 1. The maximum Gasteiger partial charge on any atom is 0.175 e. The van der Waals surface area contributed by atoms with Crippen LogP contribution < -0.4 is 10.1 Å². The van der Waals surface area contributed by atoms with E-state index in [9.17, 15) is 8.42 Å². The second-order valence-electron chi connectivity index (χ2n) is 4.72. The molecule has 1 aromatic carbocycles. The Hall–Kier alpha value is -1.07. The van der Waals surface area contributed by atoms with Gasteiger partial charge < -0.3 is 10.1 Å². The number of hydrogen-bond acceptors (Lipinski definition) is 4. The van der Waals surface area contributed by atoms with Gasteiger partial charge in [0.1, 0.15) is 5.75 Å². The third-order valence-corrected chi connectivity index (χ3v) is 4.48. The standard InChI is InChI=1S/C13H19NO3S/c1-17-13-6-5-11(18(2,15)16)8-12(13)10-4-3-7-14-9-10/h5-6,8,10,14H,3-4,7,9H2,1-2H3. The fourth-order valence-electron chi connectivity index (χ4n) is 2.38. The van der Waals surface area contributed by atoms with Crippen molar-refractivity contribution in [3.05, 3.63) is 23.8 Å². The number of methoxy groups -OCH3 is 1. The van der Waals surface area contributed by atoms with Crippen molar-refractivity contribution in [1.29, 1.82) is 0 Å². The zero-order chi connectivity index (χ0) is 13.2. The summed E-state index contributed by atoms with van der Waals surface area (Å²) in [6.07, 6.45) is 3.41. The third-order valence-electron chi connectivity index (χ3n) is 3.37. The molecular formula is C13H19NO3S. The van der Waals surface area contributed by atoms with Gasteiger partial charge in [0.2, 0.25) is 0 Å². The molecule has 1 fully saturated rings. The van der Waals surface area contributed by atoms with Crippen LogP contribution in [0.3, 0.4) is 0 Å². The van der Waals surface area contributed by atoms with E-state index in [1.165, 1.54) is 6.26 Å².